The van der Waals surface area contributed by atoms with E-state index in [2.05, 4.69) is 9.97 Å². The third-order valence-corrected chi connectivity index (χ3v) is 5.74. The van der Waals surface area contributed by atoms with Gasteiger partial charge in [0.05, 0.1) is 12.2 Å². The minimum Gasteiger partial charge on any atom is -0.476 e. The van der Waals surface area contributed by atoms with Crippen LogP contribution in [0.1, 0.15) is 5.56 Å². The van der Waals surface area contributed by atoms with Crippen molar-refractivity contribution in [3.63, 3.8) is 0 Å². The zero-order valence-electron chi connectivity index (χ0n) is 17.1. The summed E-state index contributed by atoms with van der Waals surface area (Å²) in [6.45, 7) is -0.138. The molecule has 33 heavy (non-hydrogen) atoms. The van der Waals surface area contributed by atoms with Crippen molar-refractivity contribution < 1.29 is 14.5 Å². The van der Waals surface area contributed by atoms with Crippen molar-refractivity contribution in [2.75, 3.05) is 11.5 Å². The summed E-state index contributed by atoms with van der Waals surface area (Å²) in [6, 6.07) is 19.6. The Hall–Kier alpha value is -3.82. The molecule has 0 aliphatic rings. The molecule has 0 saturated heterocycles. The van der Waals surface area contributed by atoms with Crippen LogP contribution in [-0.2, 0) is 11.3 Å². The first-order valence-electron chi connectivity index (χ1n) is 9.79. The fraction of sp³-hybridized carbons (Fsp3) is 0.0870. The van der Waals surface area contributed by atoms with Gasteiger partial charge < -0.3 is 14.9 Å². The fourth-order valence-electron chi connectivity index (χ4n) is 3.02. The lowest BCUT2D eigenvalue weighted by Crippen LogP contribution is -2.34. The number of nitro groups is 1. The number of thiazole rings is 1. The number of halogens is 1. The maximum atomic E-state index is 13.2. The number of pyridine rings is 1. The zero-order valence-corrected chi connectivity index (χ0v) is 18.7. The van der Waals surface area contributed by atoms with E-state index < -0.39 is 23.3 Å². The molecule has 1 amide bonds. The van der Waals surface area contributed by atoms with Crippen LogP contribution >= 0.6 is 22.9 Å². The number of carbonyl (C=O) groups excluding carboxylic acids is 1. The van der Waals surface area contributed by atoms with Gasteiger partial charge in [0.1, 0.15) is 6.20 Å². The van der Waals surface area contributed by atoms with E-state index in [9.17, 15) is 14.9 Å². The molecule has 0 atom stereocenters. The summed E-state index contributed by atoms with van der Waals surface area (Å²) < 4.78 is 5.47. The molecule has 0 fully saturated rings. The summed E-state index contributed by atoms with van der Waals surface area (Å²) in [5, 5.41) is 14.1. The van der Waals surface area contributed by atoms with Crippen LogP contribution < -0.4 is 9.64 Å². The molecule has 0 aliphatic carbocycles. The minimum absolute atomic E-state index is 0.0727. The average Bonchev–Trinajstić information content (AvgIpc) is 3.32. The van der Waals surface area contributed by atoms with E-state index in [4.69, 9.17) is 16.3 Å². The number of nitrogens with zero attached hydrogens (tertiary/aromatic N) is 4. The molecular formula is C23H17ClN4O4S. The smallest absolute Gasteiger partial charge is 0.406 e. The number of rotatable bonds is 8. The van der Waals surface area contributed by atoms with Crippen LogP contribution in [0.5, 0.6) is 5.75 Å². The van der Waals surface area contributed by atoms with Gasteiger partial charge in [-0.2, -0.15) is 0 Å². The third-order valence-electron chi connectivity index (χ3n) is 4.62. The van der Waals surface area contributed by atoms with Crippen molar-refractivity contribution in [1.29, 1.82) is 0 Å². The first-order valence-corrected chi connectivity index (χ1v) is 11.0. The molecule has 0 radical (unpaired) electrons. The lowest BCUT2D eigenvalue weighted by molar-refractivity contribution is -0.390. The van der Waals surface area contributed by atoms with Crippen molar-refractivity contribution >= 4 is 39.8 Å². The van der Waals surface area contributed by atoms with Crippen LogP contribution in [-0.4, -0.2) is 27.4 Å². The van der Waals surface area contributed by atoms with E-state index in [1.807, 2.05) is 47.8 Å². The van der Waals surface area contributed by atoms with Crippen molar-refractivity contribution in [2.45, 2.75) is 6.54 Å². The Kier molecular flexibility index (Phi) is 6.92. The molecule has 0 unspecified atom stereocenters. The van der Waals surface area contributed by atoms with Gasteiger partial charge in [0.15, 0.2) is 11.7 Å². The number of anilines is 1. The number of benzene rings is 2. The molecule has 4 rings (SSSR count). The van der Waals surface area contributed by atoms with Gasteiger partial charge in [0.25, 0.3) is 5.91 Å². The van der Waals surface area contributed by atoms with Gasteiger partial charge in [0.2, 0.25) is 5.75 Å². The third kappa shape index (κ3) is 5.51. The quantitative estimate of drug-likeness (QED) is 0.248. The number of hydrogen-bond donors (Lipinski definition) is 0. The Morgan fingerprint density at radius 2 is 1.85 bits per heavy atom. The van der Waals surface area contributed by atoms with E-state index in [0.717, 1.165) is 11.1 Å². The van der Waals surface area contributed by atoms with Crippen LogP contribution in [0.3, 0.4) is 0 Å². The number of ether oxygens (including phenoxy) is 1. The summed E-state index contributed by atoms with van der Waals surface area (Å²) in [7, 11) is 0. The molecule has 2 aromatic heterocycles. The highest BCUT2D eigenvalue weighted by atomic mass is 35.5. The maximum absolute atomic E-state index is 13.2. The second kappa shape index (κ2) is 10.2. The van der Waals surface area contributed by atoms with E-state index in [1.54, 1.807) is 12.1 Å². The Balaban J connectivity index is 1.58. The SMILES string of the molecule is O=C(COc1cccnc1[N+](=O)[O-])N(Cc1ccccc1)c1nc(-c2ccc(Cl)cc2)cs1. The predicted octanol–water partition coefficient (Wildman–Crippen LogP) is 5.38. The van der Waals surface area contributed by atoms with Gasteiger partial charge in [-0.05, 0) is 39.7 Å². The molecule has 2 heterocycles. The number of carbonyl (C=O) groups is 1. The summed E-state index contributed by atoms with van der Waals surface area (Å²) in [5.74, 6) is -0.912. The average molecular weight is 481 g/mol. The minimum atomic E-state index is -0.652. The predicted molar refractivity (Wildman–Crippen MR) is 127 cm³/mol. The van der Waals surface area contributed by atoms with Crippen molar-refractivity contribution in [3.8, 4) is 17.0 Å². The van der Waals surface area contributed by atoms with E-state index in [0.29, 0.717) is 15.8 Å². The highest BCUT2D eigenvalue weighted by Crippen LogP contribution is 2.30. The molecule has 0 N–H and O–H groups in total. The standard InChI is InChI=1S/C23H17ClN4O4S/c24-18-10-8-17(9-11-18)19-15-33-23(26-19)27(13-16-5-2-1-3-6-16)21(29)14-32-20-7-4-12-25-22(20)28(30)31/h1-12,15H,13-14H2. The topological polar surface area (TPSA) is 98.5 Å². The Labute approximate surface area is 198 Å². The first-order chi connectivity index (χ1) is 16.0. The zero-order chi connectivity index (χ0) is 23.2. The summed E-state index contributed by atoms with van der Waals surface area (Å²) >= 11 is 7.29. The van der Waals surface area contributed by atoms with E-state index >= 15 is 0 Å². The summed E-state index contributed by atoms with van der Waals surface area (Å²) in [5.41, 5.74) is 2.49. The highest BCUT2D eigenvalue weighted by molar-refractivity contribution is 7.14. The molecule has 8 nitrogen and oxygen atoms in total. The van der Waals surface area contributed by atoms with Crippen LogP contribution in [0.4, 0.5) is 10.9 Å². The summed E-state index contributed by atoms with van der Waals surface area (Å²) in [6.07, 6.45) is 1.29. The normalized spacial score (nSPS) is 10.6. The van der Waals surface area contributed by atoms with Crippen molar-refractivity contribution in [1.82, 2.24) is 9.97 Å². The fourth-order valence-corrected chi connectivity index (χ4v) is 4.00. The lowest BCUT2D eigenvalue weighted by Gasteiger charge is -2.20. The molecule has 0 saturated carbocycles. The second-order valence-corrected chi connectivity index (χ2v) is 8.13. The molecule has 0 bridgehead atoms. The van der Waals surface area contributed by atoms with Gasteiger partial charge in [-0.15, -0.1) is 11.3 Å². The number of amides is 1. The molecule has 0 aliphatic heterocycles. The van der Waals surface area contributed by atoms with Crippen LogP contribution in [0, 0.1) is 10.1 Å². The van der Waals surface area contributed by atoms with Crippen LogP contribution in [0.15, 0.2) is 78.3 Å². The Bertz CT molecular complexity index is 1260. The van der Waals surface area contributed by atoms with Crippen molar-refractivity contribution in [2.24, 2.45) is 0 Å². The Morgan fingerprint density at radius 1 is 1.09 bits per heavy atom. The first kappa shape index (κ1) is 22.4. The Morgan fingerprint density at radius 3 is 2.58 bits per heavy atom. The number of hydrogen-bond acceptors (Lipinski definition) is 7. The van der Waals surface area contributed by atoms with Gasteiger partial charge in [0, 0.05) is 16.0 Å². The van der Waals surface area contributed by atoms with Gasteiger partial charge >= 0.3 is 5.82 Å². The number of aromatic nitrogens is 2. The molecule has 2 aromatic carbocycles. The van der Waals surface area contributed by atoms with Crippen LogP contribution in [0.2, 0.25) is 5.02 Å². The van der Waals surface area contributed by atoms with Gasteiger partial charge in [-0.1, -0.05) is 54.1 Å². The largest absolute Gasteiger partial charge is 0.476 e. The van der Waals surface area contributed by atoms with Crippen molar-refractivity contribution in [3.05, 3.63) is 99.0 Å². The van der Waals surface area contributed by atoms with Gasteiger partial charge in [-0.25, -0.2) is 4.98 Å². The summed E-state index contributed by atoms with van der Waals surface area (Å²) in [4.78, 5) is 33.5. The van der Waals surface area contributed by atoms with E-state index in [-0.39, 0.29) is 12.3 Å². The lowest BCUT2D eigenvalue weighted by atomic mass is 10.2. The van der Waals surface area contributed by atoms with E-state index in [1.165, 1.54) is 34.6 Å². The monoisotopic (exact) mass is 480 g/mol. The second-order valence-electron chi connectivity index (χ2n) is 6.86. The molecular weight excluding hydrogens is 464 g/mol. The molecule has 4 aromatic rings. The molecule has 166 valence electrons. The maximum Gasteiger partial charge on any atom is 0.406 e. The molecule has 10 heteroatoms. The van der Waals surface area contributed by atoms with Crippen LogP contribution in [0.25, 0.3) is 11.3 Å². The molecule has 0 spiro atoms. The highest BCUT2D eigenvalue weighted by Gasteiger charge is 2.23. The van der Waals surface area contributed by atoms with Gasteiger partial charge in [-0.3, -0.25) is 9.69 Å².